The Morgan fingerprint density at radius 1 is 1.65 bits per heavy atom. The zero-order valence-electron chi connectivity index (χ0n) is 14.6. The fraction of sp³-hybridized carbons (Fsp3) is 0.471. The van der Waals surface area contributed by atoms with Crippen LogP contribution in [-0.4, -0.2) is 20.6 Å². The van der Waals surface area contributed by atoms with Gasteiger partial charge in [0.2, 0.25) is 5.91 Å². The summed E-state index contributed by atoms with van der Waals surface area (Å²) in [7, 11) is 0. The zero-order chi connectivity index (χ0) is 18.8. The van der Waals surface area contributed by atoms with Gasteiger partial charge in [0.1, 0.15) is 29.5 Å². The lowest BCUT2D eigenvalue weighted by Crippen LogP contribution is -2.24. The van der Waals surface area contributed by atoms with E-state index < -0.39 is 11.0 Å². The van der Waals surface area contributed by atoms with Gasteiger partial charge in [0.05, 0.1) is 10.5 Å². The third-order valence-electron chi connectivity index (χ3n) is 4.87. The lowest BCUT2D eigenvalue weighted by molar-refractivity contribution is -0.385. The summed E-state index contributed by atoms with van der Waals surface area (Å²) in [5.74, 6) is 0.268. The van der Waals surface area contributed by atoms with Gasteiger partial charge in [-0.1, -0.05) is 13.3 Å². The monoisotopic (exact) mass is 373 g/mol. The van der Waals surface area contributed by atoms with E-state index in [9.17, 15) is 20.2 Å². The molecule has 2 aromatic rings. The van der Waals surface area contributed by atoms with Crippen LogP contribution >= 0.6 is 11.3 Å². The van der Waals surface area contributed by atoms with Crippen LogP contribution in [0, 0.1) is 27.4 Å². The number of thiophene rings is 1. The molecule has 1 N–H and O–H groups in total. The highest BCUT2D eigenvalue weighted by Gasteiger charge is 2.27. The molecule has 0 fully saturated rings. The minimum absolute atomic E-state index is 0.167. The molecule has 0 unspecified atom stereocenters. The second kappa shape index (κ2) is 7.25. The number of nitrogens with one attached hydrogen (secondary N) is 1. The molecule has 0 aliphatic heterocycles. The normalized spacial score (nSPS) is 17.2. The van der Waals surface area contributed by atoms with Crippen LogP contribution in [-0.2, 0) is 17.6 Å². The second-order valence-corrected chi connectivity index (χ2v) is 7.54. The van der Waals surface area contributed by atoms with E-state index in [1.807, 2.05) is 0 Å². The maximum atomic E-state index is 12.5. The number of carbonyl (C=O) groups excluding carboxylic acids is 1. The maximum absolute atomic E-state index is 12.5. The lowest BCUT2D eigenvalue weighted by Gasteiger charge is -2.20. The topological polar surface area (TPSA) is 114 Å². The second-order valence-electron chi connectivity index (χ2n) is 6.44. The summed E-state index contributed by atoms with van der Waals surface area (Å²) in [4.78, 5) is 23.9. The van der Waals surface area contributed by atoms with Gasteiger partial charge in [-0.15, -0.1) is 11.3 Å². The number of nitrogens with zero attached hydrogens (tertiary/aromatic N) is 4. The summed E-state index contributed by atoms with van der Waals surface area (Å²) in [6, 6.07) is 1.50. The van der Waals surface area contributed by atoms with Crippen LogP contribution in [0.15, 0.2) is 12.4 Å². The molecule has 1 aliphatic rings. The van der Waals surface area contributed by atoms with Crippen molar-refractivity contribution in [3.05, 3.63) is 38.5 Å². The third-order valence-corrected chi connectivity index (χ3v) is 6.04. The van der Waals surface area contributed by atoms with E-state index in [0.29, 0.717) is 16.5 Å². The van der Waals surface area contributed by atoms with Crippen molar-refractivity contribution in [2.24, 2.45) is 5.92 Å². The molecule has 26 heavy (non-hydrogen) atoms. The average molecular weight is 373 g/mol. The molecule has 0 spiro atoms. The fourth-order valence-electron chi connectivity index (χ4n) is 3.18. The molecule has 0 aromatic carbocycles. The van der Waals surface area contributed by atoms with Crippen molar-refractivity contribution in [3.8, 4) is 6.07 Å². The van der Waals surface area contributed by atoms with E-state index in [2.05, 4.69) is 23.4 Å². The van der Waals surface area contributed by atoms with Crippen molar-refractivity contribution in [3.63, 3.8) is 0 Å². The largest absolute Gasteiger partial charge is 0.315 e. The van der Waals surface area contributed by atoms with Crippen molar-refractivity contribution in [2.45, 2.75) is 45.6 Å². The van der Waals surface area contributed by atoms with Gasteiger partial charge in [-0.2, -0.15) is 10.4 Å². The van der Waals surface area contributed by atoms with Crippen molar-refractivity contribution in [1.82, 2.24) is 9.78 Å². The van der Waals surface area contributed by atoms with E-state index >= 15 is 0 Å². The summed E-state index contributed by atoms with van der Waals surface area (Å²) in [5, 5.41) is 27.6. The van der Waals surface area contributed by atoms with E-state index in [4.69, 9.17) is 0 Å². The SMILES string of the molecule is CC[C@H]1CCc2c(sc(NC(=O)[C@H](C)n3cc([N+](=O)[O-])cn3)c2C#N)C1. The molecule has 0 saturated heterocycles. The molecule has 1 amide bonds. The molecule has 136 valence electrons. The number of carbonyl (C=O) groups is 1. The minimum atomic E-state index is -0.724. The number of hydrogen-bond acceptors (Lipinski definition) is 6. The third kappa shape index (κ3) is 3.32. The Kier molecular flexibility index (Phi) is 5.04. The highest BCUT2D eigenvalue weighted by Crippen LogP contribution is 2.40. The first-order valence-electron chi connectivity index (χ1n) is 8.48. The van der Waals surface area contributed by atoms with Gasteiger partial charge in [-0.05, 0) is 37.7 Å². The number of fused-ring (bicyclic) bond motifs is 1. The minimum Gasteiger partial charge on any atom is -0.315 e. The fourth-order valence-corrected chi connectivity index (χ4v) is 4.49. The first-order valence-corrected chi connectivity index (χ1v) is 9.30. The first-order chi connectivity index (χ1) is 12.4. The number of nitriles is 1. The maximum Gasteiger partial charge on any atom is 0.307 e. The predicted octanol–water partition coefficient (Wildman–Crippen LogP) is 3.44. The molecule has 0 saturated carbocycles. The highest BCUT2D eigenvalue weighted by atomic mass is 32.1. The summed E-state index contributed by atoms with van der Waals surface area (Å²) < 4.78 is 1.25. The zero-order valence-corrected chi connectivity index (χ0v) is 15.4. The van der Waals surface area contributed by atoms with Crippen molar-refractivity contribution < 1.29 is 9.72 Å². The number of aromatic nitrogens is 2. The van der Waals surface area contributed by atoms with Crippen LogP contribution in [0.5, 0.6) is 0 Å². The Balaban J connectivity index is 1.80. The van der Waals surface area contributed by atoms with Gasteiger partial charge < -0.3 is 5.32 Å². The molecule has 0 radical (unpaired) electrons. The summed E-state index contributed by atoms with van der Waals surface area (Å²) in [6.45, 7) is 3.78. The van der Waals surface area contributed by atoms with Crippen LogP contribution < -0.4 is 5.32 Å². The molecule has 3 rings (SSSR count). The van der Waals surface area contributed by atoms with E-state index in [1.165, 1.54) is 27.1 Å². The standard InChI is InChI=1S/C17H19N5O3S/c1-3-11-4-5-13-14(7-18)17(26-15(13)6-11)20-16(23)10(2)21-9-12(8-19-21)22(24)25/h8-11H,3-6H2,1-2H3,(H,20,23)/t10-,11-/m0/s1. The van der Waals surface area contributed by atoms with Gasteiger partial charge in [0.15, 0.2) is 0 Å². The Bertz CT molecular complexity index is 895. The van der Waals surface area contributed by atoms with Gasteiger partial charge in [-0.3, -0.25) is 19.6 Å². The molecule has 0 bridgehead atoms. The van der Waals surface area contributed by atoms with Crippen LogP contribution in [0.1, 0.15) is 48.7 Å². The Hall–Kier alpha value is -2.73. The number of rotatable bonds is 5. The van der Waals surface area contributed by atoms with E-state index in [0.717, 1.165) is 37.4 Å². The number of nitro groups is 1. The molecule has 2 aromatic heterocycles. The van der Waals surface area contributed by atoms with Crippen molar-refractivity contribution in [1.29, 1.82) is 5.26 Å². The Morgan fingerprint density at radius 2 is 2.42 bits per heavy atom. The lowest BCUT2D eigenvalue weighted by atomic mass is 9.86. The smallest absolute Gasteiger partial charge is 0.307 e. The molecular formula is C17H19N5O3S. The van der Waals surface area contributed by atoms with Crippen molar-refractivity contribution in [2.75, 3.05) is 5.32 Å². The first kappa shape index (κ1) is 18.1. The Labute approximate surface area is 154 Å². The Morgan fingerprint density at radius 3 is 3.04 bits per heavy atom. The predicted molar refractivity (Wildman–Crippen MR) is 97.1 cm³/mol. The molecule has 8 nitrogen and oxygen atoms in total. The molecule has 9 heteroatoms. The highest BCUT2D eigenvalue weighted by molar-refractivity contribution is 7.16. The van der Waals surface area contributed by atoms with Crippen LogP contribution in [0.3, 0.4) is 0 Å². The summed E-state index contributed by atoms with van der Waals surface area (Å²) >= 11 is 1.46. The number of anilines is 1. The van der Waals surface area contributed by atoms with E-state index in [-0.39, 0.29) is 11.6 Å². The molecule has 2 heterocycles. The summed E-state index contributed by atoms with van der Waals surface area (Å²) in [5.41, 5.74) is 1.44. The van der Waals surface area contributed by atoms with Gasteiger partial charge in [0, 0.05) is 4.88 Å². The quantitative estimate of drug-likeness (QED) is 0.637. The number of amides is 1. The molecular weight excluding hydrogens is 354 g/mol. The van der Waals surface area contributed by atoms with Crippen LogP contribution in [0.2, 0.25) is 0 Å². The van der Waals surface area contributed by atoms with Gasteiger partial charge in [-0.25, -0.2) is 0 Å². The average Bonchev–Trinajstić information content (AvgIpc) is 3.24. The van der Waals surface area contributed by atoms with Crippen molar-refractivity contribution >= 4 is 27.9 Å². The van der Waals surface area contributed by atoms with E-state index in [1.54, 1.807) is 6.92 Å². The van der Waals surface area contributed by atoms with Gasteiger partial charge in [0.25, 0.3) is 0 Å². The molecule has 1 aliphatic carbocycles. The molecule has 2 atom stereocenters. The van der Waals surface area contributed by atoms with Gasteiger partial charge >= 0.3 is 5.69 Å². The summed E-state index contributed by atoms with van der Waals surface area (Å²) in [6.07, 6.45) is 6.32. The van der Waals surface area contributed by atoms with Crippen LogP contribution in [0.4, 0.5) is 10.7 Å². The number of hydrogen-bond donors (Lipinski definition) is 1. The van der Waals surface area contributed by atoms with Crippen LogP contribution in [0.25, 0.3) is 0 Å².